The van der Waals surface area contributed by atoms with Crippen molar-refractivity contribution >= 4 is 15.9 Å². The van der Waals surface area contributed by atoms with Crippen molar-refractivity contribution in [2.24, 2.45) is 5.73 Å². The molecule has 0 spiro atoms. The summed E-state index contributed by atoms with van der Waals surface area (Å²) in [5.41, 5.74) is 9.75. The van der Waals surface area contributed by atoms with Crippen LogP contribution in [0.25, 0.3) is 11.3 Å². The zero-order chi connectivity index (χ0) is 19.7. The summed E-state index contributed by atoms with van der Waals surface area (Å²) in [6, 6.07) is 17.7. The maximum Gasteiger partial charge on any atom is 0.244 e. The number of hydrogen-bond acceptors (Lipinski definition) is 5. The van der Waals surface area contributed by atoms with Crippen LogP contribution in [0.3, 0.4) is 0 Å². The van der Waals surface area contributed by atoms with E-state index in [0.29, 0.717) is 18.1 Å². The molecule has 0 radical (unpaired) electrons. The fourth-order valence-electron chi connectivity index (χ4n) is 3.36. The molecule has 1 atom stereocenters. The van der Waals surface area contributed by atoms with E-state index in [9.17, 15) is 5.26 Å². The smallest absolute Gasteiger partial charge is 0.244 e. The molecule has 3 aromatic rings. The number of allylic oxidation sites excluding steroid dienone is 1. The Kier molecular flexibility index (Phi) is 4.80. The summed E-state index contributed by atoms with van der Waals surface area (Å²) in [5, 5.41) is 17.1. The Bertz CT molecular complexity index is 1100. The minimum absolute atomic E-state index is 0.0732. The molecule has 0 amide bonds. The van der Waals surface area contributed by atoms with Crippen LogP contribution in [0.5, 0.6) is 11.6 Å². The standard InChI is InChI=1S/C21H17BrN4O2/c1-2-27-15-5-3-4-13(10-15)19-18-17(12-6-8-14(22)9-7-12)16(11-23)20(24)28-21(18)26-25-19/h3-10,17H,2,24H2,1H3,(H,25,26). The van der Waals surface area contributed by atoms with Gasteiger partial charge in [-0.3, -0.25) is 5.10 Å². The molecule has 140 valence electrons. The molecule has 2 aromatic carbocycles. The van der Waals surface area contributed by atoms with Crippen LogP contribution in [-0.4, -0.2) is 16.8 Å². The SMILES string of the molecule is CCOc1cccc(-c2[nH]nc3c2C(c2ccc(Br)cc2)C(C#N)=C(N)O3)c1. The summed E-state index contributed by atoms with van der Waals surface area (Å²) in [6.07, 6.45) is 0. The highest BCUT2D eigenvalue weighted by Gasteiger charge is 2.35. The lowest BCUT2D eigenvalue weighted by molar-refractivity contribution is 0.340. The predicted octanol–water partition coefficient (Wildman–Crippen LogP) is 4.46. The van der Waals surface area contributed by atoms with E-state index in [0.717, 1.165) is 32.6 Å². The van der Waals surface area contributed by atoms with Gasteiger partial charge >= 0.3 is 0 Å². The summed E-state index contributed by atoms with van der Waals surface area (Å²) in [7, 11) is 0. The van der Waals surface area contributed by atoms with Crippen molar-refractivity contribution in [1.82, 2.24) is 10.2 Å². The number of nitrogens with one attached hydrogen (secondary N) is 1. The molecule has 0 fully saturated rings. The monoisotopic (exact) mass is 436 g/mol. The van der Waals surface area contributed by atoms with E-state index in [-0.39, 0.29) is 11.8 Å². The van der Waals surface area contributed by atoms with Crippen molar-refractivity contribution in [3.05, 3.63) is 75.6 Å². The number of fused-ring (bicyclic) bond motifs is 1. The van der Waals surface area contributed by atoms with Crippen LogP contribution in [0.1, 0.15) is 24.0 Å². The maximum absolute atomic E-state index is 9.76. The molecule has 0 bridgehead atoms. The topological polar surface area (TPSA) is 97.0 Å². The predicted molar refractivity (Wildman–Crippen MR) is 109 cm³/mol. The average Bonchev–Trinajstić information content (AvgIpc) is 3.11. The fourth-order valence-corrected chi connectivity index (χ4v) is 3.63. The van der Waals surface area contributed by atoms with Crippen LogP contribution >= 0.6 is 15.9 Å². The third-order valence-electron chi connectivity index (χ3n) is 4.58. The van der Waals surface area contributed by atoms with Gasteiger partial charge in [0.25, 0.3) is 0 Å². The fraction of sp³-hybridized carbons (Fsp3) is 0.143. The number of H-pyrrole nitrogens is 1. The molecule has 1 unspecified atom stereocenters. The van der Waals surface area contributed by atoms with Crippen LogP contribution in [0.15, 0.2) is 64.5 Å². The van der Waals surface area contributed by atoms with Crippen molar-refractivity contribution in [2.75, 3.05) is 6.61 Å². The number of nitriles is 1. The zero-order valence-corrected chi connectivity index (χ0v) is 16.7. The maximum atomic E-state index is 9.76. The number of benzene rings is 2. The van der Waals surface area contributed by atoms with E-state index in [1.54, 1.807) is 0 Å². The molecule has 7 heteroatoms. The Labute approximate surface area is 170 Å². The molecule has 1 aliphatic heterocycles. The van der Waals surface area contributed by atoms with Crippen molar-refractivity contribution in [3.8, 4) is 29.0 Å². The Morgan fingerprint density at radius 2 is 2.07 bits per heavy atom. The molecule has 0 saturated heterocycles. The number of aromatic nitrogens is 2. The summed E-state index contributed by atoms with van der Waals surface area (Å²) >= 11 is 3.45. The summed E-state index contributed by atoms with van der Waals surface area (Å²) in [6.45, 7) is 2.52. The Morgan fingerprint density at radius 3 is 2.79 bits per heavy atom. The number of ether oxygens (including phenoxy) is 2. The second-order valence-corrected chi connectivity index (χ2v) is 7.17. The van der Waals surface area contributed by atoms with E-state index in [1.807, 2.05) is 55.5 Å². The Hall–Kier alpha value is -3.24. The lowest BCUT2D eigenvalue weighted by atomic mass is 9.83. The van der Waals surface area contributed by atoms with Crippen LogP contribution < -0.4 is 15.2 Å². The van der Waals surface area contributed by atoms with Crippen molar-refractivity contribution in [2.45, 2.75) is 12.8 Å². The van der Waals surface area contributed by atoms with E-state index in [1.165, 1.54) is 0 Å². The molecular weight excluding hydrogens is 420 g/mol. The zero-order valence-electron chi connectivity index (χ0n) is 15.1. The van der Waals surface area contributed by atoms with Gasteiger partial charge in [0.15, 0.2) is 0 Å². The van der Waals surface area contributed by atoms with E-state index >= 15 is 0 Å². The van der Waals surface area contributed by atoms with E-state index in [2.05, 4.69) is 32.2 Å². The molecule has 0 saturated carbocycles. The van der Waals surface area contributed by atoms with Gasteiger partial charge in [-0.25, -0.2) is 0 Å². The number of aromatic amines is 1. The first-order chi connectivity index (χ1) is 13.6. The number of rotatable bonds is 4. The van der Waals surface area contributed by atoms with Crippen LogP contribution in [0.4, 0.5) is 0 Å². The first-order valence-corrected chi connectivity index (χ1v) is 9.56. The number of hydrogen-bond donors (Lipinski definition) is 2. The van der Waals surface area contributed by atoms with Gasteiger partial charge < -0.3 is 15.2 Å². The highest BCUT2D eigenvalue weighted by molar-refractivity contribution is 9.10. The summed E-state index contributed by atoms with van der Waals surface area (Å²) < 4.78 is 12.2. The van der Waals surface area contributed by atoms with Gasteiger partial charge in [0.05, 0.1) is 23.8 Å². The van der Waals surface area contributed by atoms with Gasteiger partial charge in [0.2, 0.25) is 11.8 Å². The molecule has 1 aliphatic rings. The van der Waals surface area contributed by atoms with Gasteiger partial charge in [-0.05, 0) is 36.8 Å². The molecule has 2 heterocycles. The second kappa shape index (κ2) is 7.41. The highest BCUT2D eigenvalue weighted by atomic mass is 79.9. The van der Waals surface area contributed by atoms with Crippen molar-refractivity contribution in [1.29, 1.82) is 5.26 Å². The van der Waals surface area contributed by atoms with Crippen LogP contribution in [0, 0.1) is 11.3 Å². The third-order valence-corrected chi connectivity index (χ3v) is 5.10. The highest BCUT2D eigenvalue weighted by Crippen LogP contribution is 2.46. The normalized spacial score (nSPS) is 15.5. The molecule has 0 aliphatic carbocycles. The lowest BCUT2D eigenvalue weighted by Gasteiger charge is -2.24. The molecule has 3 N–H and O–H groups in total. The minimum Gasteiger partial charge on any atom is -0.494 e. The van der Waals surface area contributed by atoms with Crippen molar-refractivity contribution in [3.63, 3.8) is 0 Å². The molecule has 4 rings (SSSR count). The van der Waals surface area contributed by atoms with Gasteiger partial charge in [-0.15, -0.1) is 5.10 Å². The van der Waals surface area contributed by atoms with Crippen LogP contribution in [0.2, 0.25) is 0 Å². The Morgan fingerprint density at radius 1 is 1.29 bits per heavy atom. The molecular formula is C21H17BrN4O2. The van der Waals surface area contributed by atoms with E-state index < -0.39 is 0 Å². The van der Waals surface area contributed by atoms with Gasteiger partial charge in [0, 0.05) is 10.0 Å². The first kappa shape index (κ1) is 18.1. The Balaban J connectivity index is 1.90. The number of halogens is 1. The number of nitrogens with zero attached hydrogens (tertiary/aromatic N) is 2. The molecule has 6 nitrogen and oxygen atoms in total. The minimum atomic E-state index is -0.383. The molecule has 1 aromatic heterocycles. The van der Waals surface area contributed by atoms with Crippen molar-refractivity contribution < 1.29 is 9.47 Å². The van der Waals surface area contributed by atoms with Gasteiger partial charge in [-0.1, -0.05) is 40.2 Å². The number of nitrogens with two attached hydrogens (primary N) is 1. The van der Waals surface area contributed by atoms with Gasteiger partial charge in [0.1, 0.15) is 17.4 Å². The molecule has 28 heavy (non-hydrogen) atoms. The lowest BCUT2D eigenvalue weighted by Crippen LogP contribution is -2.20. The summed E-state index contributed by atoms with van der Waals surface area (Å²) in [5.74, 6) is 0.826. The third kappa shape index (κ3) is 3.12. The largest absolute Gasteiger partial charge is 0.494 e. The van der Waals surface area contributed by atoms with Gasteiger partial charge in [-0.2, -0.15) is 5.26 Å². The quantitative estimate of drug-likeness (QED) is 0.629. The average molecular weight is 437 g/mol. The second-order valence-electron chi connectivity index (χ2n) is 6.25. The first-order valence-electron chi connectivity index (χ1n) is 8.77. The van der Waals surface area contributed by atoms with E-state index in [4.69, 9.17) is 15.2 Å². The summed E-state index contributed by atoms with van der Waals surface area (Å²) in [4.78, 5) is 0. The van der Waals surface area contributed by atoms with Crippen LogP contribution in [-0.2, 0) is 0 Å².